The van der Waals surface area contributed by atoms with Crippen LogP contribution in [0.3, 0.4) is 0 Å². The third kappa shape index (κ3) is 2.39. The molecule has 0 aromatic rings. The summed E-state index contributed by atoms with van der Waals surface area (Å²) in [6, 6.07) is 0.197. The second-order valence-electron chi connectivity index (χ2n) is 5.43. The van der Waals surface area contributed by atoms with E-state index in [1.54, 1.807) is 0 Å². The van der Waals surface area contributed by atoms with Crippen molar-refractivity contribution in [3.05, 3.63) is 0 Å². The first kappa shape index (κ1) is 12.4. The first-order valence-electron chi connectivity index (χ1n) is 6.39. The minimum absolute atomic E-state index is 0.0450. The van der Waals surface area contributed by atoms with Crippen molar-refractivity contribution in [2.45, 2.75) is 31.0 Å². The number of carbonyl (C=O) groups is 1. The number of carbonyl (C=O) groups excluding carboxylic acids is 1. The molecule has 0 aliphatic carbocycles. The summed E-state index contributed by atoms with van der Waals surface area (Å²) >= 11 is 0. The molecule has 3 heterocycles. The Bertz CT molecular complexity index is 438. The van der Waals surface area contributed by atoms with Gasteiger partial charge in [-0.05, 0) is 12.8 Å². The van der Waals surface area contributed by atoms with E-state index in [1.807, 2.05) is 0 Å². The van der Waals surface area contributed by atoms with Crippen LogP contribution in [0.5, 0.6) is 0 Å². The number of hydrogen-bond donors (Lipinski definition) is 2. The highest BCUT2D eigenvalue weighted by molar-refractivity contribution is 7.92. The van der Waals surface area contributed by atoms with Gasteiger partial charge in [-0.15, -0.1) is 0 Å². The maximum Gasteiger partial charge on any atom is 0.224 e. The Hall–Kier alpha value is -0.660. The van der Waals surface area contributed by atoms with Gasteiger partial charge in [0, 0.05) is 19.2 Å². The van der Waals surface area contributed by atoms with Gasteiger partial charge >= 0.3 is 0 Å². The van der Waals surface area contributed by atoms with Crippen LogP contribution in [-0.4, -0.2) is 57.2 Å². The highest BCUT2D eigenvalue weighted by atomic mass is 32.2. The van der Waals surface area contributed by atoms with Gasteiger partial charge in [0.2, 0.25) is 5.91 Å². The minimum Gasteiger partial charge on any atom is -0.377 e. The lowest BCUT2D eigenvalue weighted by Gasteiger charge is -2.33. The molecule has 0 spiro atoms. The summed E-state index contributed by atoms with van der Waals surface area (Å²) in [4.78, 5) is 12.0. The van der Waals surface area contributed by atoms with Gasteiger partial charge in [-0.1, -0.05) is 0 Å². The van der Waals surface area contributed by atoms with Crippen LogP contribution >= 0.6 is 0 Å². The van der Waals surface area contributed by atoms with Crippen LogP contribution in [0.4, 0.5) is 0 Å². The van der Waals surface area contributed by atoms with Crippen molar-refractivity contribution >= 4 is 15.7 Å². The molecule has 3 rings (SSSR count). The van der Waals surface area contributed by atoms with Crippen molar-refractivity contribution < 1.29 is 17.9 Å². The molecular formula is C11H18N2O4S. The fraction of sp³-hybridized carbons (Fsp3) is 0.909. The molecule has 2 N–H and O–H groups in total. The van der Waals surface area contributed by atoms with Crippen LogP contribution in [0, 0.1) is 5.92 Å². The molecule has 3 fully saturated rings. The van der Waals surface area contributed by atoms with E-state index in [4.69, 9.17) is 4.74 Å². The summed E-state index contributed by atoms with van der Waals surface area (Å²) in [5.41, 5.74) is 0. The maximum atomic E-state index is 12.0. The highest BCUT2D eigenvalue weighted by Crippen LogP contribution is 2.25. The van der Waals surface area contributed by atoms with Crippen LogP contribution < -0.4 is 10.6 Å². The summed E-state index contributed by atoms with van der Waals surface area (Å²) in [7, 11) is -2.88. The summed E-state index contributed by atoms with van der Waals surface area (Å²) < 4.78 is 27.6. The Morgan fingerprint density at radius 1 is 1.33 bits per heavy atom. The van der Waals surface area contributed by atoms with Crippen LogP contribution in [0.25, 0.3) is 0 Å². The van der Waals surface area contributed by atoms with Crippen molar-refractivity contribution in [1.82, 2.24) is 10.6 Å². The third-order valence-corrected chi connectivity index (χ3v) is 5.80. The quantitative estimate of drug-likeness (QED) is 0.651. The van der Waals surface area contributed by atoms with E-state index in [0.29, 0.717) is 12.6 Å². The SMILES string of the molecule is O=C(NC1CS(=O)(=O)C1)[C@@H]1CN[C@@H]2CCO[C@@H]2C1. The zero-order chi connectivity index (χ0) is 12.8. The Kier molecular flexibility index (Phi) is 3.07. The minimum atomic E-state index is -2.88. The zero-order valence-corrected chi connectivity index (χ0v) is 10.9. The van der Waals surface area contributed by atoms with Gasteiger partial charge in [0.25, 0.3) is 0 Å². The second kappa shape index (κ2) is 4.47. The number of hydrogen-bond acceptors (Lipinski definition) is 5. The summed E-state index contributed by atoms with van der Waals surface area (Å²) in [6.07, 6.45) is 1.89. The molecule has 3 saturated heterocycles. The smallest absolute Gasteiger partial charge is 0.224 e. The van der Waals surface area contributed by atoms with E-state index in [1.165, 1.54) is 0 Å². The van der Waals surface area contributed by atoms with Gasteiger partial charge in [0.15, 0.2) is 9.84 Å². The molecule has 0 aromatic carbocycles. The van der Waals surface area contributed by atoms with E-state index in [2.05, 4.69) is 10.6 Å². The summed E-state index contributed by atoms with van der Waals surface area (Å²) in [5.74, 6) is 0.0205. The first-order valence-corrected chi connectivity index (χ1v) is 8.21. The van der Waals surface area contributed by atoms with Gasteiger partial charge in [-0.2, -0.15) is 0 Å². The van der Waals surface area contributed by atoms with Gasteiger partial charge in [-0.25, -0.2) is 8.42 Å². The Morgan fingerprint density at radius 2 is 2.11 bits per heavy atom. The van der Waals surface area contributed by atoms with Gasteiger partial charge < -0.3 is 15.4 Å². The topological polar surface area (TPSA) is 84.5 Å². The first-order chi connectivity index (χ1) is 8.53. The summed E-state index contributed by atoms with van der Waals surface area (Å²) in [5, 5.41) is 6.14. The lowest BCUT2D eigenvalue weighted by Crippen LogP contribution is -2.57. The van der Waals surface area contributed by atoms with Gasteiger partial charge in [0.05, 0.1) is 29.6 Å². The van der Waals surface area contributed by atoms with Crippen LogP contribution in [0.15, 0.2) is 0 Å². The van der Waals surface area contributed by atoms with Crippen molar-refractivity contribution in [2.75, 3.05) is 24.7 Å². The summed E-state index contributed by atoms with van der Waals surface area (Å²) in [6.45, 7) is 1.42. The van der Waals surface area contributed by atoms with E-state index in [-0.39, 0.29) is 35.5 Å². The lowest BCUT2D eigenvalue weighted by atomic mass is 9.91. The second-order valence-corrected chi connectivity index (χ2v) is 7.58. The predicted octanol–water partition coefficient (Wildman–Crippen LogP) is -1.33. The van der Waals surface area contributed by atoms with Crippen molar-refractivity contribution in [3.8, 4) is 0 Å². The monoisotopic (exact) mass is 274 g/mol. The molecule has 0 saturated carbocycles. The van der Waals surface area contributed by atoms with Gasteiger partial charge in [0.1, 0.15) is 0 Å². The molecule has 7 heteroatoms. The highest BCUT2D eigenvalue weighted by Gasteiger charge is 2.40. The molecule has 3 aliphatic heterocycles. The van der Waals surface area contributed by atoms with E-state index >= 15 is 0 Å². The van der Waals surface area contributed by atoms with E-state index in [0.717, 1.165) is 19.4 Å². The average Bonchev–Trinajstić information content (AvgIpc) is 2.73. The predicted molar refractivity (Wildman–Crippen MR) is 64.8 cm³/mol. The van der Waals surface area contributed by atoms with Crippen molar-refractivity contribution in [1.29, 1.82) is 0 Å². The van der Waals surface area contributed by atoms with Crippen molar-refractivity contribution in [3.63, 3.8) is 0 Å². The lowest BCUT2D eigenvalue weighted by molar-refractivity contribution is -0.127. The molecule has 0 radical (unpaired) electrons. The molecule has 102 valence electrons. The van der Waals surface area contributed by atoms with Gasteiger partial charge in [-0.3, -0.25) is 4.79 Å². The Labute approximate surface area is 106 Å². The number of piperidine rings is 1. The number of nitrogens with one attached hydrogen (secondary N) is 2. The number of fused-ring (bicyclic) bond motifs is 1. The van der Waals surface area contributed by atoms with Crippen LogP contribution in [0.1, 0.15) is 12.8 Å². The molecule has 0 unspecified atom stereocenters. The standard InChI is InChI=1S/C11H18N2O4S/c14-11(13-8-5-18(15,16)6-8)7-3-10-9(12-4-7)1-2-17-10/h7-10,12H,1-6H2,(H,13,14)/t7-,9+,10+/m0/s1. The molecular weight excluding hydrogens is 256 g/mol. The molecule has 18 heavy (non-hydrogen) atoms. The number of sulfone groups is 1. The molecule has 6 nitrogen and oxygen atoms in total. The molecule has 3 aliphatic rings. The van der Waals surface area contributed by atoms with E-state index < -0.39 is 9.84 Å². The molecule has 1 amide bonds. The Balaban J connectivity index is 1.51. The fourth-order valence-corrected chi connectivity index (χ4v) is 4.23. The number of amides is 1. The average molecular weight is 274 g/mol. The molecule has 0 aromatic heterocycles. The number of rotatable bonds is 2. The Morgan fingerprint density at radius 3 is 2.83 bits per heavy atom. The molecule has 3 atom stereocenters. The van der Waals surface area contributed by atoms with Crippen LogP contribution in [0.2, 0.25) is 0 Å². The molecule has 0 bridgehead atoms. The van der Waals surface area contributed by atoms with Crippen molar-refractivity contribution in [2.24, 2.45) is 5.92 Å². The maximum absolute atomic E-state index is 12.0. The van der Waals surface area contributed by atoms with Crippen LogP contribution in [-0.2, 0) is 19.4 Å². The largest absolute Gasteiger partial charge is 0.377 e. The zero-order valence-electron chi connectivity index (χ0n) is 10.1. The normalized spacial score (nSPS) is 38.8. The number of ether oxygens (including phenoxy) is 1. The van der Waals surface area contributed by atoms with E-state index in [9.17, 15) is 13.2 Å². The third-order valence-electron chi connectivity index (χ3n) is 3.98. The fourth-order valence-electron chi connectivity index (χ4n) is 2.94.